The van der Waals surface area contributed by atoms with Crippen molar-refractivity contribution in [3.8, 4) is 0 Å². The maximum atomic E-state index is 6.08. The van der Waals surface area contributed by atoms with Crippen LogP contribution in [0.4, 0.5) is 0 Å². The van der Waals surface area contributed by atoms with Gasteiger partial charge in [0.15, 0.2) is 0 Å². The van der Waals surface area contributed by atoms with Gasteiger partial charge in [0, 0.05) is 12.8 Å². The van der Waals surface area contributed by atoms with E-state index in [0.717, 1.165) is 31.6 Å². The molecule has 2 fully saturated rings. The van der Waals surface area contributed by atoms with E-state index in [1.54, 1.807) is 0 Å². The topological polar surface area (TPSA) is 39.9 Å². The van der Waals surface area contributed by atoms with Crippen molar-refractivity contribution < 1.29 is 4.74 Å². The number of ether oxygens (including phenoxy) is 1. The highest BCUT2D eigenvalue weighted by molar-refractivity contribution is 9.09. The lowest BCUT2D eigenvalue weighted by Gasteiger charge is -2.38. The van der Waals surface area contributed by atoms with Crippen LogP contribution in [0, 0.1) is 0 Å². The molecule has 1 spiro atoms. The van der Waals surface area contributed by atoms with E-state index in [1.165, 1.54) is 25.7 Å². The van der Waals surface area contributed by atoms with Crippen LogP contribution in [0.3, 0.4) is 0 Å². The molecule has 2 unspecified atom stereocenters. The van der Waals surface area contributed by atoms with Gasteiger partial charge in [-0.15, -0.1) is 5.10 Å². The van der Waals surface area contributed by atoms with Gasteiger partial charge < -0.3 is 4.74 Å². The van der Waals surface area contributed by atoms with E-state index in [4.69, 9.17) is 4.74 Å². The Morgan fingerprint density at radius 3 is 3.05 bits per heavy atom. The summed E-state index contributed by atoms with van der Waals surface area (Å²) in [4.78, 5) is 0.321. The fourth-order valence-electron chi connectivity index (χ4n) is 3.42. The van der Waals surface area contributed by atoms with Gasteiger partial charge in [0.1, 0.15) is 0 Å². The van der Waals surface area contributed by atoms with Gasteiger partial charge in [-0.1, -0.05) is 40.9 Å². The van der Waals surface area contributed by atoms with Crippen molar-refractivity contribution in [1.29, 1.82) is 0 Å². The molecular weight excluding hydrogens is 306 g/mol. The summed E-state index contributed by atoms with van der Waals surface area (Å²) >= 11 is 3.64. The lowest BCUT2D eigenvalue weighted by molar-refractivity contribution is -0.0911. The summed E-state index contributed by atoms with van der Waals surface area (Å²) in [6, 6.07) is 0.463. The Hall–Kier alpha value is -0.420. The third-order valence-corrected chi connectivity index (χ3v) is 5.68. The number of rotatable bonds is 3. The van der Waals surface area contributed by atoms with Crippen LogP contribution >= 0.6 is 15.9 Å². The summed E-state index contributed by atoms with van der Waals surface area (Å²) in [5.41, 5.74) is 1.20. The highest BCUT2D eigenvalue weighted by Crippen LogP contribution is 2.43. The van der Waals surface area contributed by atoms with Gasteiger partial charge in [-0.2, -0.15) is 0 Å². The summed E-state index contributed by atoms with van der Waals surface area (Å²) in [6.07, 6.45) is 10.4. The molecule has 2 heterocycles. The monoisotopic (exact) mass is 327 g/mol. The van der Waals surface area contributed by atoms with Crippen molar-refractivity contribution in [3.05, 3.63) is 11.9 Å². The van der Waals surface area contributed by atoms with Crippen LogP contribution in [-0.2, 0) is 4.74 Å². The van der Waals surface area contributed by atoms with Crippen LogP contribution in [-0.4, -0.2) is 27.2 Å². The SMILES string of the molecule is CCC(Br)c1cn(C2CCOC3(CCCC3)C2)nn1. The molecule has 0 aromatic carbocycles. The van der Waals surface area contributed by atoms with E-state index in [2.05, 4.69) is 44.0 Å². The molecule has 2 aliphatic rings. The van der Waals surface area contributed by atoms with E-state index < -0.39 is 0 Å². The van der Waals surface area contributed by atoms with Crippen LogP contribution in [0.5, 0.6) is 0 Å². The van der Waals surface area contributed by atoms with Crippen molar-refractivity contribution in [2.75, 3.05) is 6.61 Å². The minimum Gasteiger partial charge on any atom is -0.375 e. The summed E-state index contributed by atoms with van der Waals surface area (Å²) in [5.74, 6) is 0. The first-order valence-electron chi connectivity index (χ1n) is 7.42. The van der Waals surface area contributed by atoms with Crippen LogP contribution in [0.15, 0.2) is 6.20 Å². The van der Waals surface area contributed by atoms with Crippen molar-refractivity contribution in [2.24, 2.45) is 0 Å². The first-order chi connectivity index (χ1) is 9.22. The summed E-state index contributed by atoms with van der Waals surface area (Å²) in [5, 5.41) is 8.65. The van der Waals surface area contributed by atoms with Gasteiger partial charge in [0.25, 0.3) is 0 Å². The highest BCUT2D eigenvalue weighted by Gasteiger charge is 2.40. The maximum Gasteiger partial charge on any atom is 0.0963 e. The Kier molecular flexibility index (Phi) is 3.94. The Morgan fingerprint density at radius 2 is 2.32 bits per heavy atom. The second-order valence-corrected chi connectivity index (χ2v) is 6.99. The third-order valence-electron chi connectivity index (χ3n) is 4.56. The molecule has 0 N–H and O–H groups in total. The Labute approximate surface area is 123 Å². The summed E-state index contributed by atoms with van der Waals surface area (Å²) in [6.45, 7) is 3.02. The Balaban J connectivity index is 1.73. The molecule has 3 rings (SSSR count). The smallest absolute Gasteiger partial charge is 0.0963 e. The number of halogens is 1. The van der Waals surface area contributed by atoms with Crippen molar-refractivity contribution in [2.45, 2.75) is 68.3 Å². The third kappa shape index (κ3) is 2.72. The first-order valence-corrected chi connectivity index (χ1v) is 8.34. The average molecular weight is 328 g/mol. The zero-order valence-electron chi connectivity index (χ0n) is 11.5. The molecule has 1 aromatic heterocycles. The van der Waals surface area contributed by atoms with Crippen molar-refractivity contribution >= 4 is 15.9 Å². The zero-order valence-corrected chi connectivity index (χ0v) is 13.1. The number of alkyl halides is 1. The molecule has 19 heavy (non-hydrogen) atoms. The van der Waals surface area contributed by atoms with Crippen LogP contribution < -0.4 is 0 Å². The molecule has 0 bridgehead atoms. The number of hydrogen-bond donors (Lipinski definition) is 0. The maximum absolute atomic E-state index is 6.08. The zero-order chi connectivity index (χ0) is 13.3. The van der Waals surface area contributed by atoms with E-state index in [1.807, 2.05) is 0 Å². The normalized spacial score (nSPS) is 27.8. The summed E-state index contributed by atoms with van der Waals surface area (Å²) < 4.78 is 8.15. The van der Waals surface area contributed by atoms with E-state index in [9.17, 15) is 0 Å². The molecule has 5 heteroatoms. The molecule has 1 saturated heterocycles. The molecule has 2 atom stereocenters. The van der Waals surface area contributed by atoms with Gasteiger partial charge in [0.2, 0.25) is 0 Å². The van der Waals surface area contributed by atoms with Gasteiger partial charge in [-0.05, 0) is 32.1 Å². The largest absolute Gasteiger partial charge is 0.375 e. The molecule has 0 radical (unpaired) electrons. The molecular formula is C14H22BrN3O. The van der Waals surface area contributed by atoms with Gasteiger partial charge in [-0.3, -0.25) is 0 Å². The van der Waals surface area contributed by atoms with E-state index in [0.29, 0.717) is 10.9 Å². The van der Waals surface area contributed by atoms with E-state index >= 15 is 0 Å². The lowest BCUT2D eigenvalue weighted by Crippen LogP contribution is -2.38. The van der Waals surface area contributed by atoms with Gasteiger partial charge in [-0.25, -0.2) is 4.68 Å². The summed E-state index contributed by atoms with van der Waals surface area (Å²) in [7, 11) is 0. The average Bonchev–Trinajstić information content (AvgIpc) is 3.08. The predicted molar refractivity (Wildman–Crippen MR) is 77.4 cm³/mol. The first kappa shape index (κ1) is 13.6. The molecule has 106 valence electrons. The second kappa shape index (κ2) is 5.52. The molecule has 1 saturated carbocycles. The number of aromatic nitrogens is 3. The fraction of sp³-hybridized carbons (Fsp3) is 0.857. The standard InChI is InChI=1S/C14H22BrN3O/c1-2-12(15)13-10-18(17-16-13)11-5-8-19-14(9-11)6-3-4-7-14/h10-12H,2-9H2,1H3. The second-order valence-electron chi connectivity index (χ2n) is 5.88. The van der Waals surface area contributed by atoms with Gasteiger partial charge >= 0.3 is 0 Å². The van der Waals surface area contributed by atoms with Crippen LogP contribution in [0.25, 0.3) is 0 Å². The van der Waals surface area contributed by atoms with Crippen LogP contribution in [0.1, 0.15) is 68.4 Å². The van der Waals surface area contributed by atoms with E-state index in [-0.39, 0.29) is 5.60 Å². The molecule has 1 aliphatic carbocycles. The van der Waals surface area contributed by atoms with Crippen molar-refractivity contribution in [1.82, 2.24) is 15.0 Å². The Bertz CT molecular complexity index is 428. The minimum absolute atomic E-state index is 0.146. The molecule has 1 aromatic rings. The predicted octanol–water partition coefficient (Wildman–Crippen LogP) is 3.79. The lowest BCUT2D eigenvalue weighted by atomic mass is 9.89. The Morgan fingerprint density at radius 1 is 1.53 bits per heavy atom. The minimum atomic E-state index is 0.146. The molecule has 0 amide bonds. The fourth-order valence-corrected chi connectivity index (χ4v) is 3.63. The number of hydrogen-bond acceptors (Lipinski definition) is 3. The van der Waals surface area contributed by atoms with Crippen LogP contribution in [0.2, 0.25) is 0 Å². The van der Waals surface area contributed by atoms with Crippen molar-refractivity contribution in [3.63, 3.8) is 0 Å². The van der Waals surface area contributed by atoms with Gasteiger partial charge in [0.05, 0.1) is 22.2 Å². The number of nitrogens with zero attached hydrogens (tertiary/aromatic N) is 3. The quantitative estimate of drug-likeness (QED) is 0.793. The molecule has 4 nitrogen and oxygen atoms in total. The molecule has 1 aliphatic heterocycles. The highest BCUT2D eigenvalue weighted by atomic mass is 79.9.